The number of hydrogen-bond acceptors (Lipinski definition) is 6. The molecule has 8 heteroatoms. The molecule has 4 aromatic carbocycles. The summed E-state index contributed by atoms with van der Waals surface area (Å²) in [5, 5.41) is 0. The van der Waals surface area contributed by atoms with Gasteiger partial charge in [0.25, 0.3) is 0 Å². The Morgan fingerprint density at radius 3 is 2.22 bits per heavy atom. The summed E-state index contributed by atoms with van der Waals surface area (Å²) >= 11 is 0. The summed E-state index contributed by atoms with van der Waals surface area (Å²) in [7, 11) is -1.28. The first-order valence-electron chi connectivity index (χ1n) is 13.8. The summed E-state index contributed by atoms with van der Waals surface area (Å²) in [5.74, 6) is 2.30. The number of likely N-dealkylation sites (N-methyl/N-ethyl adjacent to an activating group) is 1. The molecule has 0 saturated carbocycles. The van der Waals surface area contributed by atoms with Crippen LogP contribution in [0.5, 0.6) is 17.2 Å². The highest BCUT2D eigenvalue weighted by Crippen LogP contribution is 2.31. The molecule has 4 aromatic rings. The van der Waals surface area contributed by atoms with Crippen LogP contribution in [0.3, 0.4) is 0 Å². The molecule has 1 aliphatic rings. The van der Waals surface area contributed by atoms with E-state index in [2.05, 4.69) is 45.8 Å². The fourth-order valence-electron chi connectivity index (χ4n) is 5.12. The van der Waals surface area contributed by atoms with Gasteiger partial charge < -0.3 is 19.3 Å². The first-order valence-corrected chi connectivity index (χ1v) is 15.7. The highest BCUT2D eigenvalue weighted by molar-refractivity contribution is 7.92. The number of rotatable bonds is 11. The molecular formula is C33H37N3O4S. The van der Waals surface area contributed by atoms with Gasteiger partial charge in [-0.1, -0.05) is 54.6 Å². The minimum absolute atomic E-state index is 0.208. The zero-order valence-electron chi connectivity index (χ0n) is 23.8. The van der Waals surface area contributed by atoms with E-state index in [0.29, 0.717) is 18.8 Å². The Morgan fingerprint density at radius 2 is 1.54 bits per heavy atom. The van der Waals surface area contributed by atoms with E-state index in [0.717, 1.165) is 53.6 Å². The van der Waals surface area contributed by atoms with Crippen LogP contribution in [0.2, 0.25) is 0 Å². The Hall–Kier alpha value is -4.01. The Labute approximate surface area is 243 Å². The molecule has 1 unspecified atom stereocenters. The molecule has 1 atom stereocenters. The molecule has 1 heterocycles. The predicted octanol–water partition coefficient (Wildman–Crippen LogP) is 6.45. The van der Waals surface area contributed by atoms with Crippen LogP contribution in [0, 0.1) is 6.92 Å². The number of anilines is 2. The number of nitrogens with zero attached hydrogens (tertiary/aromatic N) is 2. The van der Waals surface area contributed by atoms with Crippen LogP contribution in [-0.2, 0) is 23.1 Å². The van der Waals surface area contributed by atoms with E-state index in [1.165, 1.54) is 11.8 Å². The van der Waals surface area contributed by atoms with Crippen LogP contribution in [0.25, 0.3) is 0 Å². The highest BCUT2D eigenvalue weighted by Gasteiger charge is 2.21. The minimum atomic E-state index is -3.39. The Bertz CT molecular complexity index is 1560. The quantitative estimate of drug-likeness (QED) is 0.223. The first kappa shape index (κ1) is 28.5. The molecule has 7 nitrogen and oxygen atoms in total. The van der Waals surface area contributed by atoms with E-state index in [1.807, 2.05) is 73.7 Å². The van der Waals surface area contributed by atoms with E-state index in [4.69, 9.17) is 9.47 Å². The van der Waals surface area contributed by atoms with Gasteiger partial charge in [0.1, 0.15) is 23.4 Å². The van der Waals surface area contributed by atoms with E-state index >= 15 is 0 Å². The van der Waals surface area contributed by atoms with Crippen molar-refractivity contribution in [2.45, 2.75) is 32.5 Å². The molecule has 0 spiro atoms. The molecule has 5 rings (SSSR count). The van der Waals surface area contributed by atoms with Crippen molar-refractivity contribution in [3.05, 3.63) is 114 Å². The van der Waals surface area contributed by atoms with Crippen molar-refractivity contribution in [3.8, 4) is 17.2 Å². The van der Waals surface area contributed by atoms with Gasteiger partial charge >= 0.3 is 0 Å². The number of benzene rings is 4. The predicted molar refractivity (Wildman–Crippen MR) is 165 cm³/mol. The second-order valence-electron chi connectivity index (χ2n) is 10.7. The summed E-state index contributed by atoms with van der Waals surface area (Å²) in [6.07, 6.45) is 2.41. The molecular weight excluding hydrogens is 534 g/mol. The van der Waals surface area contributed by atoms with E-state index in [9.17, 15) is 8.42 Å². The minimum Gasteiger partial charge on any atom is -0.489 e. The third-order valence-corrected chi connectivity index (χ3v) is 7.74. The summed E-state index contributed by atoms with van der Waals surface area (Å²) in [4.78, 5) is 4.54. The fourth-order valence-corrected chi connectivity index (χ4v) is 5.74. The molecule has 0 radical (unpaired) electrons. The van der Waals surface area contributed by atoms with Crippen LogP contribution in [-0.4, -0.2) is 45.8 Å². The summed E-state index contributed by atoms with van der Waals surface area (Å²) in [6, 6.07) is 31.8. The summed E-state index contributed by atoms with van der Waals surface area (Å²) in [6.45, 7) is 5.24. The summed E-state index contributed by atoms with van der Waals surface area (Å²) < 4.78 is 38.8. The van der Waals surface area contributed by atoms with Gasteiger partial charge in [-0.2, -0.15) is 0 Å². The Morgan fingerprint density at radius 1 is 0.854 bits per heavy atom. The smallest absolute Gasteiger partial charge is 0.229 e. The van der Waals surface area contributed by atoms with E-state index in [-0.39, 0.29) is 6.10 Å². The van der Waals surface area contributed by atoms with Gasteiger partial charge in [-0.15, -0.1) is 0 Å². The van der Waals surface area contributed by atoms with Crippen molar-refractivity contribution in [2.24, 2.45) is 0 Å². The maximum Gasteiger partial charge on any atom is 0.229 e. The van der Waals surface area contributed by atoms with Gasteiger partial charge in [0.2, 0.25) is 10.0 Å². The molecule has 1 saturated heterocycles. The lowest BCUT2D eigenvalue weighted by Gasteiger charge is -2.28. The molecule has 0 bridgehead atoms. The number of likely N-dealkylation sites (tertiary alicyclic amines) is 1. The average Bonchev–Trinajstić information content (AvgIpc) is 3.35. The zero-order valence-corrected chi connectivity index (χ0v) is 24.6. The second-order valence-corrected chi connectivity index (χ2v) is 12.4. The van der Waals surface area contributed by atoms with Gasteiger partial charge in [0.05, 0.1) is 11.9 Å². The molecule has 1 aliphatic heterocycles. The van der Waals surface area contributed by atoms with Crippen LogP contribution >= 0.6 is 0 Å². The number of hydrogen-bond donors (Lipinski definition) is 1. The van der Waals surface area contributed by atoms with Crippen LogP contribution < -0.4 is 19.1 Å². The highest BCUT2D eigenvalue weighted by atomic mass is 32.2. The van der Waals surface area contributed by atoms with Crippen molar-refractivity contribution >= 4 is 21.4 Å². The van der Waals surface area contributed by atoms with Gasteiger partial charge in [0.15, 0.2) is 0 Å². The lowest BCUT2D eigenvalue weighted by Crippen LogP contribution is -2.23. The lowest BCUT2D eigenvalue weighted by atomic mass is 10.1. The molecule has 0 amide bonds. The first-order chi connectivity index (χ1) is 19.7. The SMILES string of the molecule is Cc1c(NS(C)(=O)=O)cccc1N(Cc1ccccc1)Cc1ccc(Oc2cccc(OC3CCN(C)C3)c2)cc1. The molecule has 214 valence electrons. The van der Waals surface area contributed by atoms with Crippen molar-refractivity contribution < 1.29 is 17.9 Å². The topological polar surface area (TPSA) is 71.1 Å². The van der Waals surface area contributed by atoms with Crippen molar-refractivity contribution in [3.63, 3.8) is 0 Å². The standard InChI is InChI=1S/C33H37N3O4S/c1-25-32(34-41(3,37)38)13-8-14-33(25)36(22-26-9-5-4-6-10-26)23-27-15-17-28(18-16-27)39-29-11-7-12-30(21-29)40-31-19-20-35(2)24-31/h4-18,21,31,34H,19-20,22-24H2,1-3H3. The van der Waals surface area contributed by atoms with Crippen LogP contribution in [0.1, 0.15) is 23.1 Å². The Kier molecular flexibility index (Phi) is 8.81. The lowest BCUT2D eigenvalue weighted by molar-refractivity contribution is 0.207. The largest absolute Gasteiger partial charge is 0.489 e. The number of ether oxygens (including phenoxy) is 2. The van der Waals surface area contributed by atoms with E-state index < -0.39 is 10.0 Å². The average molecular weight is 572 g/mol. The number of sulfonamides is 1. The van der Waals surface area contributed by atoms with Crippen LogP contribution in [0.15, 0.2) is 97.1 Å². The normalized spacial score (nSPS) is 15.4. The van der Waals surface area contributed by atoms with Crippen molar-refractivity contribution in [1.29, 1.82) is 0 Å². The molecule has 41 heavy (non-hydrogen) atoms. The second kappa shape index (κ2) is 12.7. The van der Waals surface area contributed by atoms with Gasteiger partial charge in [-0.3, -0.25) is 4.72 Å². The van der Waals surface area contributed by atoms with Gasteiger partial charge in [-0.05, 0) is 73.5 Å². The monoisotopic (exact) mass is 571 g/mol. The Balaban J connectivity index is 1.32. The van der Waals surface area contributed by atoms with Crippen molar-refractivity contribution in [1.82, 2.24) is 4.90 Å². The number of nitrogens with one attached hydrogen (secondary N) is 1. The van der Waals surface area contributed by atoms with Gasteiger partial charge in [-0.25, -0.2) is 8.42 Å². The third-order valence-electron chi connectivity index (χ3n) is 7.15. The molecule has 0 aromatic heterocycles. The molecule has 1 N–H and O–H groups in total. The molecule has 1 fully saturated rings. The van der Waals surface area contributed by atoms with E-state index in [1.54, 1.807) is 6.07 Å². The van der Waals surface area contributed by atoms with Crippen molar-refractivity contribution in [2.75, 3.05) is 36.0 Å². The maximum absolute atomic E-state index is 11.9. The van der Waals surface area contributed by atoms with Gasteiger partial charge in [0, 0.05) is 37.9 Å². The third kappa shape index (κ3) is 8.02. The fraction of sp³-hybridized carbons (Fsp3) is 0.273. The van der Waals surface area contributed by atoms with Crippen LogP contribution in [0.4, 0.5) is 11.4 Å². The zero-order chi connectivity index (χ0) is 28.8. The molecule has 0 aliphatic carbocycles. The summed E-state index contributed by atoms with van der Waals surface area (Å²) in [5.41, 5.74) is 4.70. The maximum atomic E-state index is 11.9.